The van der Waals surface area contributed by atoms with Crippen LogP contribution >= 0.6 is 0 Å². The van der Waals surface area contributed by atoms with Gasteiger partial charge in [0.2, 0.25) is 0 Å². The van der Waals surface area contributed by atoms with E-state index in [0.29, 0.717) is 18.1 Å². The van der Waals surface area contributed by atoms with E-state index in [1.807, 2.05) is 24.3 Å². The number of nitrogens with zero attached hydrogens (tertiary/aromatic N) is 3. The number of hydrogen-bond acceptors (Lipinski definition) is 6. The van der Waals surface area contributed by atoms with Crippen LogP contribution in [0.25, 0.3) is 0 Å². The molecule has 1 aromatic heterocycles. The summed E-state index contributed by atoms with van der Waals surface area (Å²) < 4.78 is 5.64. The van der Waals surface area contributed by atoms with Gasteiger partial charge in [-0.2, -0.15) is 15.2 Å². The number of hydrogen-bond donors (Lipinski definition) is 2. The molecular weight excluding hydrogens is 282 g/mol. The molecule has 0 amide bonds. The molecule has 116 valence electrons. The van der Waals surface area contributed by atoms with E-state index < -0.39 is 5.69 Å². The molecule has 0 saturated carbocycles. The van der Waals surface area contributed by atoms with Crippen molar-refractivity contribution < 1.29 is 4.74 Å². The van der Waals surface area contributed by atoms with Crippen molar-refractivity contribution in [3.63, 3.8) is 0 Å². The van der Waals surface area contributed by atoms with Gasteiger partial charge in [-0.1, -0.05) is 25.5 Å². The van der Waals surface area contributed by atoms with Crippen molar-refractivity contribution in [3.8, 4) is 5.75 Å². The number of rotatable bonds is 7. The van der Waals surface area contributed by atoms with E-state index >= 15 is 0 Å². The Labute approximate surface area is 128 Å². The van der Waals surface area contributed by atoms with Crippen LogP contribution in [0.3, 0.4) is 0 Å². The van der Waals surface area contributed by atoms with Crippen LogP contribution < -0.4 is 15.9 Å². The Kier molecular flexibility index (Phi) is 5.65. The molecule has 0 fully saturated rings. The first kappa shape index (κ1) is 15.7. The van der Waals surface area contributed by atoms with E-state index in [2.05, 4.69) is 32.6 Å². The van der Waals surface area contributed by atoms with E-state index in [1.165, 1.54) is 0 Å². The maximum atomic E-state index is 11.1. The van der Waals surface area contributed by atoms with Gasteiger partial charge in [-0.15, -0.1) is 0 Å². The molecule has 2 rings (SSSR count). The summed E-state index contributed by atoms with van der Waals surface area (Å²) in [6.45, 7) is 4.55. The molecule has 2 N–H and O–H groups in total. The summed E-state index contributed by atoms with van der Waals surface area (Å²) in [6, 6.07) is 7.62. The molecule has 1 heterocycles. The molecule has 0 unspecified atom stereocenters. The zero-order valence-corrected chi connectivity index (χ0v) is 12.7. The summed E-state index contributed by atoms with van der Waals surface area (Å²) in [5.74, 6) is 1.14. The van der Waals surface area contributed by atoms with Crippen molar-refractivity contribution in [2.24, 2.45) is 5.10 Å². The van der Waals surface area contributed by atoms with Gasteiger partial charge in [0.1, 0.15) is 11.4 Å². The number of aromatic nitrogens is 3. The standard InChI is InChI=1S/C15H19N5O2/c1-3-4-8-22-13-7-5-6-12(9-13)10-16-19-14-11(2)18-20-15(21)17-14/h5-7,9-10H,3-4,8H2,1-2H3,(H2,17,19,20,21). The third kappa shape index (κ3) is 4.69. The largest absolute Gasteiger partial charge is 0.494 e. The second-order valence-electron chi connectivity index (χ2n) is 4.72. The smallest absolute Gasteiger partial charge is 0.363 e. The van der Waals surface area contributed by atoms with Crippen molar-refractivity contribution in [2.75, 3.05) is 12.0 Å². The molecule has 1 aromatic carbocycles. The number of nitrogens with one attached hydrogen (secondary N) is 2. The molecule has 2 aromatic rings. The zero-order chi connectivity index (χ0) is 15.8. The second kappa shape index (κ2) is 7.92. The van der Waals surface area contributed by atoms with Gasteiger partial charge >= 0.3 is 5.69 Å². The summed E-state index contributed by atoms with van der Waals surface area (Å²) in [5, 5.41) is 10.1. The molecule has 7 heteroatoms. The number of ether oxygens (including phenoxy) is 1. The van der Waals surface area contributed by atoms with E-state index in [4.69, 9.17) is 4.74 Å². The highest BCUT2D eigenvalue weighted by molar-refractivity contribution is 5.80. The van der Waals surface area contributed by atoms with E-state index in [9.17, 15) is 4.79 Å². The van der Waals surface area contributed by atoms with Crippen LogP contribution in [-0.4, -0.2) is 28.0 Å². The predicted octanol–water partition coefficient (Wildman–Crippen LogP) is 2.10. The number of aryl methyl sites for hydroxylation is 1. The Balaban J connectivity index is 1.99. The van der Waals surface area contributed by atoms with Crippen LogP contribution in [0.1, 0.15) is 31.0 Å². The van der Waals surface area contributed by atoms with Crippen LogP contribution in [0.2, 0.25) is 0 Å². The number of benzene rings is 1. The first-order valence-electron chi connectivity index (χ1n) is 7.14. The fourth-order valence-corrected chi connectivity index (χ4v) is 1.68. The maximum absolute atomic E-state index is 11.1. The van der Waals surface area contributed by atoms with Gasteiger partial charge in [-0.05, 0) is 31.0 Å². The highest BCUT2D eigenvalue weighted by Gasteiger charge is 2.00. The molecule has 0 spiro atoms. The first-order chi connectivity index (χ1) is 10.7. The number of aromatic amines is 1. The van der Waals surface area contributed by atoms with Gasteiger partial charge < -0.3 is 4.74 Å². The fraction of sp³-hybridized carbons (Fsp3) is 0.333. The van der Waals surface area contributed by atoms with Crippen LogP contribution in [0, 0.1) is 6.92 Å². The summed E-state index contributed by atoms with van der Waals surface area (Å²) in [6.07, 6.45) is 3.76. The Morgan fingerprint density at radius 3 is 3.14 bits per heavy atom. The summed E-state index contributed by atoms with van der Waals surface area (Å²) in [5.41, 5.74) is 3.64. The molecule has 0 aliphatic carbocycles. The second-order valence-corrected chi connectivity index (χ2v) is 4.72. The van der Waals surface area contributed by atoms with Gasteiger partial charge in [0, 0.05) is 0 Å². The van der Waals surface area contributed by atoms with Crippen LogP contribution in [0.4, 0.5) is 5.82 Å². The summed E-state index contributed by atoms with van der Waals surface area (Å²) in [4.78, 5) is 14.9. The van der Waals surface area contributed by atoms with Crippen molar-refractivity contribution in [1.29, 1.82) is 0 Å². The van der Waals surface area contributed by atoms with Gasteiger partial charge in [-0.25, -0.2) is 9.89 Å². The van der Waals surface area contributed by atoms with Crippen molar-refractivity contribution in [1.82, 2.24) is 15.2 Å². The molecule has 0 saturated heterocycles. The lowest BCUT2D eigenvalue weighted by molar-refractivity contribution is 0.309. The van der Waals surface area contributed by atoms with Crippen molar-refractivity contribution >= 4 is 12.0 Å². The molecule has 7 nitrogen and oxygen atoms in total. The van der Waals surface area contributed by atoms with Gasteiger partial charge in [0.25, 0.3) is 0 Å². The molecule has 0 aliphatic rings. The molecule has 0 bridgehead atoms. The van der Waals surface area contributed by atoms with Crippen LogP contribution in [0.5, 0.6) is 5.75 Å². The number of hydrazone groups is 1. The highest BCUT2D eigenvalue weighted by Crippen LogP contribution is 2.12. The Morgan fingerprint density at radius 2 is 2.32 bits per heavy atom. The fourth-order valence-electron chi connectivity index (χ4n) is 1.68. The van der Waals surface area contributed by atoms with Crippen molar-refractivity contribution in [2.45, 2.75) is 26.7 Å². The minimum absolute atomic E-state index is 0.329. The lowest BCUT2D eigenvalue weighted by atomic mass is 10.2. The minimum atomic E-state index is -0.519. The third-order valence-electron chi connectivity index (χ3n) is 2.88. The lowest BCUT2D eigenvalue weighted by Gasteiger charge is -2.05. The van der Waals surface area contributed by atoms with Gasteiger partial charge in [0.15, 0.2) is 5.82 Å². The highest BCUT2D eigenvalue weighted by atomic mass is 16.5. The minimum Gasteiger partial charge on any atom is -0.494 e. The molecule has 0 atom stereocenters. The van der Waals surface area contributed by atoms with Gasteiger partial charge in [-0.3, -0.25) is 5.43 Å². The monoisotopic (exact) mass is 301 g/mol. The SMILES string of the molecule is CCCCOc1cccc(C=NNc2nc(=O)[nH]nc2C)c1. The number of anilines is 1. The predicted molar refractivity (Wildman–Crippen MR) is 85.5 cm³/mol. The van der Waals surface area contributed by atoms with Crippen LogP contribution in [0.15, 0.2) is 34.2 Å². The van der Waals surface area contributed by atoms with E-state index in [1.54, 1.807) is 13.1 Å². The molecule has 22 heavy (non-hydrogen) atoms. The average molecular weight is 301 g/mol. The van der Waals surface area contributed by atoms with E-state index in [0.717, 1.165) is 24.2 Å². The zero-order valence-electron chi connectivity index (χ0n) is 12.7. The van der Waals surface area contributed by atoms with Gasteiger partial charge in [0.05, 0.1) is 12.8 Å². The number of unbranched alkanes of at least 4 members (excludes halogenated alkanes) is 1. The lowest BCUT2D eigenvalue weighted by Crippen LogP contribution is -2.15. The Bertz CT molecular complexity index is 696. The van der Waals surface area contributed by atoms with Crippen LogP contribution in [-0.2, 0) is 0 Å². The van der Waals surface area contributed by atoms with Crippen molar-refractivity contribution in [3.05, 3.63) is 46.0 Å². The Morgan fingerprint density at radius 1 is 1.45 bits per heavy atom. The third-order valence-corrected chi connectivity index (χ3v) is 2.88. The molecule has 0 radical (unpaired) electrons. The average Bonchev–Trinajstić information content (AvgIpc) is 2.51. The quantitative estimate of drug-likeness (QED) is 0.464. The summed E-state index contributed by atoms with van der Waals surface area (Å²) >= 11 is 0. The topological polar surface area (TPSA) is 92.3 Å². The summed E-state index contributed by atoms with van der Waals surface area (Å²) in [7, 11) is 0. The first-order valence-corrected chi connectivity index (χ1v) is 7.14. The molecule has 0 aliphatic heterocycles. The number of H-pyrrole nitrogens is 1. The maximum Gasteiger partial charge on any atom is 0.363 e. The van der Waals surface area contributed by atoms with E-state index in [-0.39, 0.29) is 0 Å². The Hall–Kier alpha value is -2.70. The molecular formula is C15H19N5O2. The normalized spacial score (nSPS) is 10.8.